The summed E-state index contributed by atoms with van der Waals surface area (Å²) in [5.74, 6) is 17.2. The molecule has 0 aromatic rings. The van der Waals surface area contributed by atoms with E-state index in [4.69, 9.17) is 11.0 Å². The minimum absolute atomic E-state index is 0.0692. The zero-order valence-electron chi connectivity index (χ0n) is 24.8. The normalized spacial score (nSPS) is 21.5. The number of nitriles is 1. The van der Waals surface area contributed by atoms with Gasteiger partial charge < -0.3 is 10.5 Å². The molecule has 2 N–H and O–H groups in total. The standard InChI is InChI=1S/C9H14OS2.C6H10O2S.C6H10OS.C4H7NOS.C4H5NS/c10-9(1-7-3-11-4-7)2-8-5-12-6-8;1-8-6(7)2-5-3-9-4-5;1-2-6(7)5-3-8-4-5;5-4(6)3-1-7-2-3;5-1-4-2-6-3-4/h7-8H,1-6H2;5H,2-4H2,1H3;5H,2-4H2,1H3;3H,1-2H2,(H2,5,6);4H,2-3H2. The maximum Gasteiger partial charge on any atom is 0.305 e. The third kappa shape index (κ3) is 15.7. The summed E-state index contributed by atoms with van der Waals surface area (Å²) in [4.78, 5) is 43.0. The van der Waals surface area contributed by atoms with Crippen molar-refractivity contribution in [3.8, 4) is 6.07 Å². The number of ketones is 2. The minimum atomic E-state index is -0.140. The maximum atomic E-state index is 11.4. The average molecular weight is 695 g/mol. The lowest BCUT2D eigenvalue weighted by molar-refractivity contribution is -0.141. The van der Waals surface area contributed by atoms with Crippen LogP contribution in [-0.2, 0) is 23.9 Å². The van der Waals surface area contributed by atoms with Crippen molar-refractivity contribution < 1.29 is 23.9 Å². The van der Waals surface area contributed by atoms with Crippen LogP contribution in [0, 0.1) is 46.8 Å². The lowest BCUT2D eigenvalue weighted by Crippen LogP contribution is -2.33. The van der Waals surface area contributed by atoms with Crippen LogP contribution >= 0.6 is 70.6 Å². The van der Waals surface area contributed by atoms with Crippen LogP contribution < -0.4 is 5.73 Å². The van der Waals surface area contributed by atoms with Crippen LogP contribution in [0.15, 0.2) is 0 Å². The summed E-state index contributed by atoms with van der Waals surface area (Å²) in [6.07, 6.45) is 3.08. The lowest BCUT2D eigenvalue weighted by atomic mass is 9.98. The van der Waals surface area contributed by atoms with E-state index in [1.165, 1.54) is 30.1 Å². The molecule has 0 atom stereocenters. The van der Waals surface area contributed by atoms with Gasteiger partial charge in [-0.25, -0.2) is 0 Å². The first-order valence-corrected chi connectivity index (χ1v) is 21.4. The topological polar surface area (TPSA) is 127 Å². The molecule has 0 aromatic carbocycles. The number of hydrogen-bond donors (Lipinski definition) is 1. The van der Waals surface area contributed by atoms with E-state index in [1.807, 2.05) is 65.7 Å². The molecule has 238 valence electrons. The van der Waals surface area contributed by atoms with Gasteiger partial charge in [-0.2, -0.15) is 75.8 Å². The fourth-order valence-electron chi connectivity index (χ4n) is 3.67. The summed E-state index contributed by atoms with van der Waals surface area (Å²) in [5, 5.41) is 8.12. The molecule has 6 rings (SSSR count). The van der Waals surface area contributed by atoms with E-state index in [0.717, 1.165) is 77.1 Å². The van der Waals surface area contributed by atoms with E-state index in [1.54, 1.807) is 11.8 Å². The molecule has 13 heteroatoms. The molecule has 0 bridgehead atoms. The number of methoxy groups -OCH3 is 1. The smallest absolute Gasteiger partial charge is 0.305 e. The van der Waals surface area contributed by atoms with Crippen LogP contribution in [0.5, 0.6) is 0 Å². The van der Waals surface area contributed by atoms with E-state index in [0.29, 0.717) is 35.7 Å². The van der Waals surface area contributed by atoms with Crippen molar-refractivity contribution in [1.82, 2.24) is 0 Å². The van der Waals surface area contributed by atoms with Gasteiger partial charge in [-0.05, 0) is 52.3 Å². The number of carbonyl (C=O) groups is 4. The molecule has 6 aliphatic rings. The van der Waals surface area contributed by atoms with Crippen LogP contribution in [0.4, 0.5) is 0 Å². The summed E-state index contributed by atoms with van der Waals surface area (Å²) < 4.78 is 4.51. The Hall–Kier alpha value is -0.130. The van der Waals surface area contributed by atoms with Crippen molar-refractivity contribution >= 4 is 94.0 Å². The highest BCUT2D eigenvalue weighted by molar-refractivity contribution is 8.01. The predicted octanol–water partition coefficient (Wildman–Crippen LogP) is 5.01. The highest BCUT2D eigenvalue weighted by Gasteiger charge is 2.26. The lowest BCUT2D eigenvalue weighted by Gasteiger charge is -2.27. The van der Waals surface area contributed by atoms with Gasteiger partial charge in [-0.3, -0.25) is 19.2 Å². The minimum Gasteiger partial charge on any atom is -0.469 e. The number of Topliss-reactive ketones (excluding diaryl/α,β-unsaturated/α-hetero) is 2. The molecule has 0 radical (unpaired) electrons. The summed E-state index contributed by atoms with van der Waals surface area (Å²) in [6.45, 7) is 1.94. The molecule has 1 amide bonds. The van der Waals surface area contributed by atoms with Gasteiger partial charge >= 0.3 is 5.97 Å². The monoisotopic (exact) mass is 694 g/mol. The second-order valence-electron chi connectivity index (χ2n) is 11.0. The molecular formula is C29H46N2O5S6. The van der Waals surface area contributed by atoms with Gasteiger partial charge in [0.15, 0.2) is 0 Å². The van der Waals surface area contributed by atoms with Gasteiger partial charge in [-0.15, -0.1) is 0 Å². The van der Waals surface area contributed by atoms with E-state index < -0.39 is 0 Å². The largest absolute Gasteiger partial charge is 0.469 e. The van der Waals surface area contributed by atoms with Crippen molar-refractivity contribution in [3.63, 3.8) is 0 Å². The van der Waals surface area contributed by atoms with Crippen molar-refractivity contribution in [1.29, 1.82) is 5.26 Å². The number of carbonyl (C=O) groups excluding carboxylic acids is 4. The molecule has 0 spiro atoms. The van der Waals surface area contributed by atoms with Crippen molar-refractivity contribution in [3.05, 3.63) is 0 Å². The number of rotatable bonds is 9. The molecule has 0 aromatic heterocycles. The highest BCUT2D eigenvalue weighted by atomic mass is 32.2. The van der Waals surface area contributed by atoms with E-state index >= 15 is 0 Å². The van der Waals surface area contributed by atoms with E-state index in [-0.39, 0.29) is 17.8 Å². The van der Waals surface area contributed by atoms with Crippen LogP contribution in [0.3, 0.4) is 0 Å². The van der Waals surface area contributed by atoms with Gasteiger partial charge in [0.05, 0.1) is 25.0 Å². The number of ether oxygens (including phenoxy) is 1. The first-order valence-electron chi connectivity index (χ1n) is 14.5. The first-order chi connectivity index (χ1) is 20.2. The Bertz CT molecular complexity index is 862. The van der Waals surface area contributed by atoms with Crippen LogP contribution in [0.2, 0.25) is 0 Å². The van der Waals surface area contributed by atoms with Crippen molar-refractivity contribution in [2.24, 2.45) is 41.2 Å². The van der Waals surface area contributed by atoms with Crippen molar-refractivity contribution in [2.45, 2.75) is 32.6 Å². The number of esters is 1. The first kappa shape index (κ1) is 38.1. The summed E-state index contributed by atoms with van der Waals surface area (Å²) in [7, 11) is 1.44. The van der Waals surface area contributed by atoms with Crippen LogP contribution in [-0.4, -0.2) is 99.6 Å². The van der Waals surface area contributed by atoms with Crippen molar-refractivity contribution in [2.75, 3.05) is 76.1 Å². The molecule has 6 aliphatic heterocycles. The average Bonchev–Trinajstić information content (AvgIpc) is 2.79. The molecule has 7 nitrogen and oxygen atoms in total. The zero-order chi connectivity index (χ0) is 30.7. The maximum absolute atomic E-state index is 11.4. The summed E-state index contributed by atoms with van der Waals surface area (Å²) >= 11 is 11.3. The van der Waals surface area contributed by atoms with Crippen LogP contribution in [0.1, 0.15) is 32.6 Å². The summed E-state index contributed by atoms with van der Waals surface area (Å²) in [5.41, 5.74) is 4.95. The second kappa shape index (κ2) is 22.4. The van der Waals surface area contributed by atoms with E-state index in [2.05, 4.69) is 10.8 Å². The van der Waals surface area contributed by atoms with Gasteiger partial charge in [-0.1, -0.05) is 6.92 Å². The molecule has 42 heavy (non-hydrogen) atoms. The third-order valence-corrected chi connectivity index (χ3v) is 15.2. The molecular weight excluding hydrogens is 649 g/mol. The van der Waals surface area contributed by atoms with Gasteiger partial charge in [0.25, 0.3) is 0 Å². The fourth-order valence-corrected chi connectivity index (χ4v) is 8.35. The zero-order valence-corrected chi connectivity index (χ0v) is 29.7. The Kier molecular flexibility index (Phi) is 20.3. The third-order valence-electron chi connectivity index (χ3n) is 7.14. The number of hydrogen-bond acceptors (Lipinski definition) is 12. The van der Waals surface area contributed by atoms with Crippen LogP contribution in [0.25, 0.3) is 0 Å². The number of thioether (sulfide) groups is 6. The van der Waals surface area contributed by atoms with E-state index in [9.17, 15) is 19.2 Å². The Balaban J connectivity index is 0.000000187. The number of primary amides is 1. The predicted molar refractivity (Wildman–Crippen MR) is 186 cm³/mol. The SMILES string of the molecule is CCC(=O)C1CSC1.COC(=O)CC1CSC1.N#CC1CSC1.NC(=O)C1CSC1.O=C(CC1CSC1)CC1CSC1. The number of nitrogens with two attached hydrogens (primary N) is 1. The molecule has 6 heterocycles. The highest BCUT2D eigenvalue weighted by Crippen LogP contribution is 2.32. The van der Waals surface area contributed by atoms with Gasteiger partial charge in [0.1, 0.15) is 11.6 Å². The van der Waals surface area contributed by atoms with Gasteiger partial charge in [0, 0.05) is 66.1 Å². The molecule has 6 fully saturated rings. The quantitative estimate of drug-likeness (QED) is 0.326. The fraction of sp³-hybridized carbons (Fsp3) is 0.828. The van der Waals surface area contributed by atoms with Gasteiger partial charge in [0.2, 0.25) is 5.91 Å². The molecule has 6 saturated heterocycles. The summed E-state index contributed by atoms with van der Waals surface area (Å²) in [6, 6.07) is 2.18. The Morgan fingerprint density at radius 2 is 1.10 bits per heavy atom. The Labute approximate surface area is 277 Å². The Morgan fingerprint density at radius 1 is 0.690 bits per heavy atom. The second-order valence-corrected chi connectivity index (χ2v) is 17.4. The number of nitrogens with zero attached hydrogens (tertiary/aromatic N) is 1. The number of amides is 1. The molecule has 0 aliphatic carbocycles. The Morgan fingerprint density at radius 3 is 1.26 bits per heavy atom. The molecule has 0 saturated carbocycles. The molecule has 0 unspecified atom stereocenters.